The van der Waals surface area contributed by atoms with Crippen LogP contribution in [0, 0.1) is 0 Å². The van der Waals surface area contributed by atoms with Crippen LogP contribution in [-0.2, 0) is 20.7 Å². The summed E-state index contributed by atoms with van der Waals surface area (Å²) in [5.41, 5.74) is 0.947. The van der Waals surface area contributed by atoms with E-state index in [0.29, 0.717) is 38.2 Å². The normalized spacial score (nSPS) is 13.3. The van der Waals surface area contributed by atoms with Gasteiger partial charge in [0.2, 0.25) is 0 Å². The Bertz CT molecular complexity index is 509. The first-order valence-corrected chi connectivity index (χ1v) is 7.31. The number of unbranched alkanes of at least 4 members (excludes halogenated alkanes) is 1. The second-order valence-electron chi connectivity index (χ2n) is 4.82. The topological polar surface area (TPSA) is 61.8 Å². The minimum Gasteiger partial charge on any atom is -0.493 e. The van der Waals surface area contributed by atoms with Crippen LogP contribution in [0.3, 0.4) is 0 Å². The van der Waals surface area contributed by atoms with E-state index < -0.39 is 0 Å². The van der Waals surface area contributed by atoms with E-state index in [9.17, 15) is 9.59 Å². The first-order chi connectivity index (χ1) is 10.2. The molecule has 0 saturated heterocycles. The average molecular weight is 292 g/mol. The molecule has 5 heteroatoms. The molecule has 1 aromatic rings. The zero-order valence-corrected chi connectivity index (χ0v) is 12.2. The van der Waals surface area contributed by atoms with Crippen LogP contribution >= 0.6 is 0 Å². The van der Waals surface area contributed by atoms with Crippen LogP contribution in [0.4, 0.5) is 0 Å². The lowest BCUT2D eigenvalue weighted by molar-refractivity contribution is -0.143. The van der Waals surface area contributed by atoms with Crippen LogP contribution in [0.15, 0.2) is 18.2 Å². The van der Waals surface area contributed by atoms with E-state index in [1.165, 1.54) is 0 Å². The van der Waals surface area contributed by atoms with E-state index in [-0.39, 0.29) is 11.9 Å². The summed E-state index contributed by atoms with van der Waals surface area (Å²) in [6.45, 7) is 2.75. The molecule has 0 aliphatic carbocycles. The van der Waals surface area contributed by atoms with Crippen molar-refractivity contribution >= 4 is 11.9 Å². The van der Waals surface area contributed by atoms with E-state index in [1.54, 1.807) is 13.0 Å². The van der Waals surface area contributed by atoms with E-state index in [0.717, 1.165) is 24.2 Å². The molecular weight excluding hydrogens is 272 g/mol. The lowest BCUT2D eigenvalue weighted by Crippen LogP contribution is -2.16. The van der Waals surface area contributed by atoms with Crippen molar-refractivity contribution in [3.05, 3.63) is 23.8 Å². The highest BCUT2D eigenvalue weighted by Gasteiger charge is 2.20. The molecule has 21 heavy (non-hydrogen) atoms. The molecule has 0 fully saturated rings. The highest BCUT2D eigenvalue weighted by atomic mass is 16.5. The Morgan fingerprint density at radius 2 is 2.14 bits per heavy atom. The predicted molar refractivity (Wildman–Crippen MR) is 76.4 cm³/mol. The molecule has 0 spiro atoms. The minimum atomic E-state index is -0.200. The lowest BCUT2D eigenvalue weighted by atomic mass is 10.1. The number of carbonyl (C=O) groups is 2. The standard InChI is InChI=1S/C16H20O5/c1-2-19-15(17)8-3-4-11-20-13-6-5-7-14-12(13)9-10-16(18)21-14/h5-7H,2-4,8-11H2,1H3. The van der Waals surface area contributed by atoms with Gasteiger partial charge in [-0.25, -0.2) is 0 Å². The summed E-state index contributed by atoms with van der Waals surface area (Å²) in [7, 11) is 0. The fourth-order valence-corrected chi connectivity index (χ4v) is 2.21. The maximum atomic E-state index is 11.2. The molecule has 0 saturated carbocycles. The Hall–Kier alpha value is -2.04. The number of fused-ring (bicyclic) bond motifs is 1. The SMILES string of the molecule is CCOC(=O)CCCCOc1cccc2c1CCC(=O)O2. The molecule has 0 N–H and O–H groups in total. The van der Waals surface area contributed by atoms with Crippen molar-refractivity contribution in [2.24, 2.45) is 0 Å². The Kier molecular flexibility index (Phi) is 5.60. The van der Waals surface area contributed by atoms with Gasteiger partial charge in [-0.05, 0) is 38.3 Å². The molecular formula is C16H20O5. The van der Waals surface area contributed by atoms with Crippen LogP contribution in [0.5, 0.6) is 11.5 Å². The molecule has 0 atom stereocenters. The highest BCUT2D eigenvalue weighted by molar-refractivity contribution is 5.76. The summed E-state index contributed by atoms with van der Waals surface area (Å²) in [6, 6.07) is 5.47. The lowest BCUT2D eigenvalue weighted by Gasteiger charge is -2.18. The second-order valence-corrected chi connectivity index (χ2v) is 4.82. The summed E-state index contributed by atoms with van der Waals surface area (Å²) in [5.74, 6) is 0.988. The second kappa shape index (κ2) is 7.67. The summed E-state index contributed by atoms with van der Waals surface area (Å²) in [6.07, 6.45) is 2.97. The fourth-order valence-electron chi connectivity index (χ4n) is 2.21. The molecule has 0 amide bonds. The largest absolute Gasteiger partial charge is 0.493 e. The van der Waals surface area contributed by atoms with Gasteiger partial charge in [0.1, 0.15) is 11.5 Å². The first-order valence-electron chi connectivity index (χ1n) is 7.31. The van der Waals surface area contributed by atoms with E-state index in [4.69, 9.17) is 14.2 Å². The third-order valence-electron chi connectivity index (χ3n) is 3.23. The van der Waals surface area contributed by atoms with Crippen molar-refractivity contribution in [3.8, 4) is 11.5 Å². The van der Waals surface area contributed by atoms with Crippen molar-refractivity contribution in [2.75, 3.05) is 13.2 Å². The zero-order valence-electron chi connectivity index (χ0n) is 12.2. The number of rotatable bonds is 7. The van der Waals surface area contributed by atoms with Gasteiger partial charge in [-0.15, -0.1) is 0 Å². The molecule has 5 nitrogen and oxygen atoms in total. The molecule has 0 aromatic heterocycles. The molecule has 0 radical (unpaired) electrons. The van der Waals surface area contributed by atoms with Crippen LogP contribution < -0.4 is 9.47 Å². The minimum absolute atomic E-state index is 0.165. The number of benzene rings is 1. The summed E-state index contributed by atoms with van der Waals surface area (Å²) in [4.78, 5) is 22.4. The summed E-state index contributed by atoms with van der Waals surface area (Å²) >= 11 is 0. The number of esters is 2. The fraction of sp³-hybridized carbons (Fsp3) is 0.500. The van der Waals surface area contributed by atoms with Crippen LogP contribution in [0.25, 0.3) is 0 Å². The Balaban J connectivity index is 1.78. The van der Waals surface area contributed by atoms with Gasteiger partial charge in [-0.2, -0.15) is 0 Å². The maximum Gasteiger partial charge on any atom is 0.311 e. The summed E-state index contributed by atoms with van der Waals surface area (Å²) < 4.78 is 15.8. The third-order valence-corrected chi connectivity index (χ3v) is 3.23. The molecule has 0 unspecified atom stereocenters. The van der Waals surface area contributed by atoms with Crippen molar-refractivity contribution in [1.82, 2.24) is 0 Å². The molecule has 2 rings (SSSR count). The van der Waals surface area contributed by atoms with Crippen molar-refractivity contribution in [3.63, 3.8) is 0 Å². The number of hydrogen-bond donors (Lipinski definition) is 0. The van der Waals surface area contributed by atoms with Gasteiger partial charge in [0, 0.05) is 12.0 Å². The zero-order chi connectivity index (χ0) is 15.1. The molecule has 1 aromatic carbocycles. The van der Waals surface area contributed by atoms with Crippen LogP contribution in [0.1, 0.15) is 38.2 Å². The van der Waals surface area contributed by atoms with E-state index in [1.807, 2.05) is 12.1 Å². The van der Waals surface area contributed by atoms with E-state index >= 15 is 0 Å². The van der Waals surface area contributed by atoms with Gasteiger partial charge in [0.05, 0.1) is 19.6 Å². The van der Waals surface area contributed by atoms with Crippen LogP contribution in [-0.4, -0.2) is 25.2 Å². The molecule has 1 heterocycles. The van der Waals surface area contributed by atoms with Crippen LogP contribution in [0.2, 0.25) is 0 Å². The molecule has 114 valence electrons. The quantitative estimate of drug-likeness (QED) is 0.439. The Labute approximate surface area is 124 Å². The van der Waals surface area contributed by atoms with Gasteiger partial charge in [0.15, 0.2) is 0 Å². The third kappa shape index (κ3) is 4.48. The number of ether oxygens (including phenoxy) is 3. The van der Waals surface area contributed by atoms with Gasteiger partial charge in [-0.3, -0.25) is 9.59 Å². The number of carbonyl (C=O) groups excluding carboxylic acids is 2. The van der Waals surface area contributed by atoms with Gasteiger partial charge in [0.25, 0.3) is 0 Å². The average Bonchev–Trinajstić information content (AvgIpc) is 2.47. The molecule has 1 aliphatic heterocycles. The smallest absolute Gasteiger partial charge is 0.311 e. The van der Waals surface area contributed by atoms with Crippen molar-refractivity contribution in [2.45, 2.75) is 39.0 Å². The predicted octanol–water partition coefficient (Wildman–Crippen LogP) is 2.65. The first kappa shape index (κ1) is 15.4. The molecule has 0 bridgehead atoms. The summed E-state index contributed by atoms with van der Waals surface area (Å²) in [5, 5.41) is 0. The number of hydrogen-bond acceptors (Lipinski definition) is 5. The van der Waals surface area contributed by atoms with Crippen molar-refractivity contribution in [1.29, 1.82) is 0 Å². The van der Waals surface area contributed by atoms with Gasteiger partial charge >= 0.3 is 11.9 Å². The monoisotopic (exact) mass is 292 g/mol. The molecule has 1 aliphatic rings. The maximum absolute atomic E-state index is 11.2. The Morgan fingerprint density at radius 3 is 2.95 bits per heavy atom. The van der Waals surface area contributed by atoms with Gasteiger partial charge in [-0.1, -0.05) is 6.07 Å². The Morgan fingerprint density at radius 1 is 1.29 bits per heavy atom. The highest BCUT2D eigenvalue weighted by Crippen LogP contribution is 2.33. The van der Waals surface area contributed by atoms with E-state index in [2.05, 4.69) is 0 Å². The van der Waals surface area contributed by atoms with Gasteiger partial charge < -0.3 is 14.2 Å². The van der Waals surface area contributed by atoms with Crippen molar-refractivity contribution < 1.29 is 23.8 Å².